The van der Waals surface area contributed by atoms with Gasteiger partial charge in [-0.2, -0.15) is 0 Å². The third kappa shape index (κ3) is 5.33. The summed E-state index contributed by atoms with van der Waals surface area (Å²) in [6.45, 7) is 0.646. The quantitative estimate of drug-likeness (QED) is 0.383. The molecular weight excluding hydrogens is 426 g/mol. The van der Waals surface area contributed by atoms with Gasteiger partial charge in [0.05, 0.1) is 31.3 Å². The number of rotatable bonds is 9. The number of para-hydroxylation sites is 3. The Morgan fingerprint density at radius 1 is 1.09 bits per heavy atom. The van der Waals surface area contributed by atoms with Crippen molar-refractivity contribution in [2.75, 3.05) is 12.4 Å². The standard InChI is InChI=1S/C24H23N3O4S/c1-30-21-9-5-3-7-19(21)26-22(28)14-23-25-18(16-32-23)15-31-24(29)11-13-27-12-10-17-6-2-4-8-20(17)27/h2-10,12,16H,11,13-15H2,1H3,(H,26,28). The molecular formula is C24H23N3O4S. The highest BCUT2D eigenvalue weighted by Crippen LogP contribution is 2.23. The minimum atomic E-state index is -0.286. The number of fused-ring (bicyclic) bond motifs is 1. The maximum Gasteiger partial charge on any atom is 0.307 e. The van der Waals surface area contributed by atoms with Gasteiger partial charge in [-0.15, -0.1) is 11.3 Å². The molecule has 0 saturated carbocycles. The van der Waals surface area contributed by atoms with Gasteiger partial charge in [0.2, 0.25) is 5.91 Å². The van der Waals surface area contributed by atoms with Crippen molar-refractivity contribution in [2.24, 2.45) is 0 Å². The number of methoxy groups -OCH3 is 1. The molecule has 4 rings (SSSR count). The van der Waals surface area contributed by atoms with Crippen LogP contribution in [0.4, 0.5) is 5.69 Å². The summed E-state index contributed by atoms with van der Waals surface area (Å²) in [7, 11) is 1.56. The van der Waals surface area contributed by atoms with E-state index in [1.807, 2.05) is 53.2 Å². The van der Waals surface area contributed by atoms with E-state index in [0.717, 1.165) is 10.9 Å². The van der Waals surface area contributed by atoms with Crippen molar-refractivity contribution in [1.82, 2.24) is 9.55 Å². The molecule has 0 aliphatic rings. The largest absolute Gasteiger partial charge is 0.495 e. The van der Waals surface area contributed by atoms with E-state index < -0.39 is 0 Å². The van der Waals surface area contributed by atoms with E-state index in [2.05, 4.69) is 10.3 Å². The van der Waals surface area contributed by atoms with Crippen molar-refractivity contribution >= 4 is 39.8 Å². The lowest BCUT2D eigenvalue weighted by atomic mass is 10.2. The summed E-state index contributed by atoms with van der Waals surface area (Å²) in [6, 6.07) is 17.3. The molecule has 0 aliphatic carbocycles. The Kier molecular flexibility index (Phi) is 6.81. The van der Waals surface area contributed by atoms with Crippen LogP contribution < -0.4 is 10.1 Å². The van der Waals surface area contributed by atoms with Crippen LogP contribution in [0.1, 0.15) is 17.1 Å². The predicted molar refractivity (Wildman–Crippen MR) is 124 cm³/mol. The van der Waals surface area contributed by atoms with Crippen LogP contribution in [0.2, 0.25) is 0 Å². The van der Waals surface area contributed by atoms with Gasteiger partial charge in [0.15, 0.2) is 0 Å². The zero-order valence-corrected chi connectivity index (χ0v) is 18.4. The molecule has 2 heterocycles. The smallest absolute Gasteiger partial charge is 0.307 e. The lowest BCUT2D eigenvalue weighted by Gasteiger charge is -2.08. The Bertz CT molecular complexity index is 1230. The Morgan fingerprint density at radius 3 is 2.78 bits per heavy atom. The first-order valence-corrected chi connectivity index (χ1v) is 11.1. The molecule has 0 aliphatic heterocycles. The van der Waals surface area contributed by atoms with Crippen molar-refractivity contribution in [2.45, 2.75) is 26.0 Å². The molecule has 0 atom stereocenters. The average molecular weight is 450 g/mol. The molecule has 0 unspecified atom stereocenters. The number of nitrogens with zero attached hydrogens (tertiary/aromatic N) is 2. The lowest BCUT2D eigenvalue weighted by molar-refractivity contribution is -0.145. The Labute approximate surface area is 189 Å². The zero-order valence-electron chi connectivity index (χ0n) is 17.6. The number of hydrogen-bond acceptors (Lipinski definition) is 6. The van der Waals surface area contributed by atoms with Crippen LogP contribution in [-0.4, -0.2) is 28.5 Å². The molecule has 0 spiro atoms. The molecule has 0 fully saturated rings. The van der Waals surface area contributed by atoms with E-state index in [0.29, 0.717) is 28.7 Å². The second-order valence-electron chi connectivity index (χ2n) is 7.14. The first kappa shape index (κ1) is 21.6. The highest BCUT2D eigenvalue weighted by Gasteiger charge is 2.12. The fourth-order valence-corrected chi connectivity index (χ4v) is 4.13. The number of amides is 1. The zero-order chi connectivity index (χ0) is 22.3. The summed E-state index contributed by atoms with van der Waals surface area (Å²) < 4.78 is 12.6. The first-order chi connectivity index (χ1) is 15.6. The van der Waals surface area contributed by atoms with E-state index in [1.54, 1.807) is 24.6 Å². The predicted octanol–water partition coefficient (Wildman–Crippen LogP) is 4.42. The number of benzene rings is 2. The number of ether oxygens (including phenoxy) is 2. The second-order valence-corrected chi connectivity index (χ2v) is 8.08. The third-order valence-electron chi connectivity index (χ3n) is 4.91. The van der Waals surface area contributed by atoms with Crippen LogP contribution in [-0.2, 0) is 33.9 Å². The summed E-state index contributed by atoms with van der Waals surface area (Å²) in [5, 5.41) is 6.43. The van der Waals surface area contributed by atoms with Crippen LogP contribution in [0, 0.1) is 0 Å². The summed E-state index contributed by atoms with van der Waals surface area (Å²) >= 11 is 1.36. The van der Waals surface area contributed by atoms with Crippen LogP contribution in [0.5, 0.6) is 5.75 Å². The molecule has 1 amide bonds. The Hall–Kier alpha value is -3.65. The van der Waals surface area contributed by atoms with E-state index >= 15 is 0 Å². The maximum atomic E-state index is 12.3. The van der Waals surface area contributed by atoms with Gasteiger partial charge in [0, 0.05) is 23.6 Å². The first-order valence-electron chi connectivity index (χ1n) is 10.2. The number of anilines is 1. The number of hydrogen-bond donors (Lipinski definition) is 1. The minimum Gasteiger partial charge on any atom is -0.495 e. The van der Waals surface area contributed by atoms with Gasteiger partial charge < -0.3 is 19.4 Å². The number of nitrogens with one attached hydrogen (secondary N) is 1. The van der Waals surface area contributed by atoms with Crippen molar-refractivity contribution in [3.63, 3.8) is 0 Å². The SMILES string of the molecule is COc1ccccc1NC(=O)Cc1nc(COC(=O)CCn2ccc3ccccc32)cs1. The number of carbonyl (C=O) groups excluding carboxylic acids is 2. The van der Waals surface area contributed by atoms with Gasteiger partial charge >= 0.3 is 5.97 Å². The monoisotopic (exact) mass is 449 g/mol. The van der Waals surface area contributed by atoms with E-state index in [9.17, 15) is 9.59 Å². The molecule has 164 valence electrons. The molecule has 7 nitrogen and oxygen atoms in total. The third-order valence-corrected chi connectivity index (χ3v) is 5.81. The summed E-state index contributed by atoms with van der Waals surface area (Å²) in [5.74, 6) is 0.123. The second kappa shape index (κ2) is 10.1. The summed E-state index contributed by atoms with van der Waals surface area (Å²) in [5.41, 5.74) is 2.34. The van der Waals surface area contributed by atoms with Gasteiger partial charge in [0.1, 0.15) is 17.4 Å². The fraction of sp³-hybridized carbons (Fsp3) is 0.208. The van der Waals surface area contributed by atoms with Crippen LogP contribution in [0.25, 0.3) is 10.9 Å². The van der Waals surface area contributed by atoms with E-state index in [1.165, 1.54) is 11.3 Å². The molecule has 2 aromatic heterocycles. The molecule has 1 N–H and O–H groups in total. The average Bonchev–Trinajstić information content (AvgIpc) is 3.43. The molecule has 0 saturated heterocycles. The number of esters is 1. The number of thiazole rings is 1. The highest BCUT2D eigenvalue weighted by atomic mass is 32.1. The lowest BCUT2D eigenvalue weighted by Crippen LogP contribution is -2.15. The summed E-state index contributed by atoms with van der Waals surface area (Å²) in [4.78, 5) is 28.9. The summed E-state index contributed by atoms with van der Waals surface area (Å²) in [6.07, 6.45) is 2.38. The Balaban J connectivity index is 1.24. The Morgan fingerprint density at radius 2 is 1.91 bits per heavy atom. The van der Waals surface area contributed by atoms with Crippen molar-refractivity contribution in [3.05, 3.63) is 76.9 Å². The van der Waals surface area contributed by atoms with E-state index in [4.69, 9.17) is 9.47 Å². The maximum absolute atomic E-state index is 12.3. The van der Waals surface area contributed by atoms with Crippen LogP contribution in [0.15, 0.2) is 66.2 Å². The number of carbonyl (C=O) groups is 2. The molecule has 0 bridgehead atoms. The highest BCUT2D eigenvalue weighted by molar-refractivity contribution is 7.09. The van der Waals surface area contributed by atoms with Gasteiger partial charge in [-0.3, -0.25) is 9.59 Å². The molecule has 2 aromatic carbocycles. The van der Waals surface area contributed by atoms with Crippen molar-refractivity contribution in [1.29, 1.82) is 0 Å². The van der Waals surface area contributed by atoms with E-state index in [-0.39, 0.29) is 31.3 Å². The number of aryl methyl sites for hydroxylation is 1. The van der Waals surface area contributed by atoms with Gasteiger partial charge in [-0.25, -0.2) is 4.98 Å². The van der Waals surface area contributed by atoms with Gasteiger partial charge in [-0.05, 0) is 29.7 Å². The minimum absolute atomic E-state index is 0.0931. The van der Waals surface area contributed by atoms with Gasteiger partial charge in [0.25, 0.3) is 0 Å². The van der Waals surface area contributed by atoms with Crippen molar-refractivity contribution < 1.29 is 19.1 Å². The topological polar surface area (TPSA) is 82.5 Å². The van der Waals surface area contributed by atoms with Crippen molar-refractivity contribution in [3.8, 4) is 5.75 Å². The molecule has 4 aromatic rings. The molecule has 0 radical (unpaired) electrons. The van der Waals surface area contributed by atoms with Crippen LogP contribution >= 0.6 is 11.3 Å². The normalized spacial score (nSPS) is 10.8. The number of aromatic nitrogens is 2. The fourth-order valence-electron chi connectivity index (χ4n) is 3.35. The molecule has 8 heteroatoms. The molecule has 32 heavy (non-hydrogen) atoms. The van der Waals surface area contributed by atoms with Gasteiger partial charge in [-0.1, -0.05) is 30.3 Å². The van der Waals surface area contributed by atoms with Crippen LogP contribution in [0.3, 0.4) is 0 Å².